The van der Waals surface area contributed by atoms with Gasteiger partial charge in [-0.2, -0.15) is 0 Å². The lowest BCUT2D eigenvalue weighted by atomic mass is 10.0. The zero-order valence-electron chi connectivity index (χ0n) is 22.7. The molecule has 204 valence electrons. The number of hydrogen-bond donors (Lipinski definition) is 2. The topological polar surface area (TPSA) is 81.6 Å². The molecule has 0 heterocycles. The number of ketones is 1. The maximum absolute atomic E-state index is 11.5. The van der Waals surface area contributed by atoms with Crippen LogP contribution in [0, 0.1) is 5.92 Å². The third-order valence-corrected chi connectivity index (χ3v) is 6.85. The third kappa shape index (κ3) is 26.5. The molecule has 2 unspecified atom stereocenters. The highest BCUT2D eigenvalue weighted by atomic mass is 31.2. The van der Waals surface area contributed by atoms with Crippen molar-refractivity contribution in [2.75, 3.05) is 40.0 Å². The molecule has 0 radical (unpaired) electrons. The molecule has 0 aliphatic heterocycles. The van der Waals surface area contributed by atoms with E-state index in [1.54, 1.807) is 6.92 Å². The lowest BCUT2D eigenvalue weighted by molar-refractivity contribution is -0.627. The summed E-state index contributed by atoms with van der Waals surface area (Å²) in [7, 11) is 0.128. The van der Waals surface area contributed by atoms with E-state index in [9.17, 15) is 9.69 Å². The van der Waals surface area contributed by atoms with Gasteiger partial charge in [0.2, 0.25) is 0 Å². The number of rotatable bonds is 28. The van der Waals surface area contributed by atoms with Crippen molar-refractivity contribution in [1.29, 1.82) is 0 Å². The van der Waals surface area contributed by atoms with Crippen LogP contribution in [-0.4, -0.2) is 50.7 Å². The first kappa shape index (κ1) is 33.9. The van der Waals surface area contributed by atoms with Gasteiger partial charge in [-0.1, -0.05) is 96.8 Å². The van der Waals surface area contributed by atoms with E-state index in [0.29, 0.717) is 26.2 Å². The Hall–Kier alpha value is -0.100. The van der Waals surface area contributed by atoms with Crippen LogP contribution in [0.5, 0.6) is 0 Å². The molecule has 0 amide bonds. The number of Topliss-reactive ketones (excluding diaryl/α,β-unsaturated/α-hetero) is 1. The Bertz CT molecular complexity index is 428. The normalized spacial score (nSPS) is 13.3. The molecule has 0 aromatic carbocycles. The maximum atomic E-state index is 11.5. The van der Waals surface area contributed by atoms with Gasteiger partial charge in [-0.3, -0.25) is 0 Å². The van der Waals surface area contributed by atoms with Crippen molar-refractivity contribution in [3.8, 4) is 0 Å². The Kier molecular flexibility index (Phi) is 27.4. The largest absolute Gasteiger partial charge is 0.381 e. The van der Waals surface area contributed by atoms with Crippen LogP contribution in [0.4, 0.5) is 0 Å². The molecule has 0 aromatic heterocycles. The first-order valence-electron chi connectivity index (χ1n) is 14.2. The predicted molar refractivity (Wildman–Crippen MR) is 143 cm³/mol. The molecular formula is C27H57NO5P+. The van der Waals surface area contributed by atoms with Gasteiger partial charge < -0.3 is 28.8 Å². The van der Waals surface area contributed by atoms with E-state index in [0.717, 1.165) is 26.0 Å². The second-order valence-corrected chi connectivity index (χ2v) is 10.7. The first-order valence-corrected chi connectivity index (χ1v) is 15.3. The quantitative estimate of drug-likeness (QED) is 0.0960. The second-order valence-electron chi connectivity index (χ2n) is 9.71. The van der Waals surface area contributed by atoms with Crippen molar-refractivity contribution in [2.45, 2.75) is 123 Å². The fourth-order valence-electron chi connectivity index (χ4n) is 4.03. The summed E-state index contributed by atoms with van der Waals surface area (Å²) in [6.07, 6.45) is 21.6. The first-order chi connectivity index (χ1) is 16.6. The average molecular weight is 507 g/mol. The fraction of sp³-hybridized carbons (Fsp3) is 0.963. The number of unbranched alkanes of at least 4 members (excludes halogenated alkanes) is 14. The van der Waals surface area contributed by atoms with Gasteiger partial charge in [0.1, 0.15) is 5.78 Å². The van der Waals surface area contributed by atoms with Crippen molar-refractivity contribution < 1.29 is 28.8 Å². The van der Waals surface area contributed by atoms with Crippen molar-refractivity contribution in [3.63, 3.8) is 0 Å². The number of ether oxygens (including phenoxy) is 1. The van der Waals surface area contributed by atoms with Gasteiger partial charge in [0.05, 0.1) is 33.4 Å². The van der Waals surface area contributed by atoms with Crippen LogP contribution in [0.1, 0.15) is 123 Å². The molecule has 34 heavy (non-hydrogen) atoms. The Morgan fingerprint density at radius 2 is 1.29 bits per heavy atom. The summed E-state index contributed by atoms with van der Waals surface area (Å²) in [5.74, 6) is 0.0874. The third-order valence-electron chi connectivity index (χ3n) is 6.08. The molecule has 3 N–H and O–H groups in total. The smallest absolute Gasteiger partial charge is 0.329 e. The predicted octanol–water partition coefficient (Wildman–Crippen LogP) is 6.31. The van der Waals surface area contributed by atoms with Gasteiger partial charge in [0.15, 0.2) is 0 Å². The Morgan fingerprint density at radius 3 is 1.79 bits per heavy atom. The fourth-order valence-corrected chi connectivity index (χ4v) is 4.73. The highest BCUT2D eigenvalue weighted by Gasteiger charge is 2.16. The van der Waals surface area contributed by atoms with E-state index in [4.69, 9.17) is 13.8 Å². The lowest BCUT2D eigenvalue weighted by Crippen LogP contribution is -2.79. The summed E-state index contributed by atoms with van der Waals surface area (Å²) >= 11 is 0. The highest BCUT2D eigenvalue weighted by Crippen LogP contribution is 2.33. The maximum Gasteiger partial charge on any atom is 0.329 e. The van der Waals surface area contributed by atoms with Gasteiger partial charge in [0.25, 0.3) is 0 Å². The van der Waals surface area contributed by atoms with Gasteiger partial charge in [-0.15, -0.1) is 0 Å². The van der Waals surface area contributed by atoms with E-state index in [2.05, 4.69) is 12.2 Å². The number of hydrogen-bond acceptors (Lipinski definition) is 5. The van der Waals surface area contributed by atoms with Crippen molar-refractivity contribution in [3.05, 3.63) is 0 Å². The molecule has 0 rings (SSSR count). The Labute approximate surface area is 212 Å². The molecule has 0 aliphatic rings. The number of carbonyl (C=O) groups excluding carboxylic acids is 1. The molecule has 0 aliphatic carbocycles. The van der Waals surface area contributed by atoms with Crippen LogP contribution < -0.4 is 5.32 Å². The molecule has 0 saturated heterocycles. The molecule has 7 heteroatoms. The van der Waals surface area contributed by atoms with Crippen molar-refractivity contribution in [2.24, 2.45) is 5.92 Å². The monoisotopic (exact) mass is 506 g/mol. The molecular weight excluding hydrogens is 449 g/mol. The highest BCUT2D eigenvalue weighted by molar-refractivity contribution is 7.40. The summed E-state index contributed by atoms with van der Waals surface area (Å²) in [5, 5.41) is 2.07. The molecule has 0 saturated carbocycles. The second kappa shape index (κ2) is 27.5. The van der Waals surface area contributed by atoms with Crippen LogP contribution in [-0.2, 0) is 18.6 Å². The summed E-state index contributed by atoms with van der Waals surface area (Å²) in [5.41, 5.74) is 0. The van der Waals surface area contributed by atoms with Crippen LogP contribution in [0.25, 0.3) is 0 Å². The summed E-state index contributed by atoms with van der Waals surface area (Å²) in [6, 6.07) is 0. The average Bonchev–Trinajstić information content (AvgIpc) is 2.81. The number of quaternary nitrogens is 1. The van der Waals surface area contributed by atoms with E-state index in [1.165, 1.54) is 89.9 Å². The zero-order valence-corrected chi connectivity index (χ0v) is 23.6. The molecule has 0 fully saturated rings. The molecule has 0 spiro atoms. The van der Waals surface area contributed by atoms with Crippen LogP contribution >= 0.6 is 8.60 Å². The van der Waals surface area contributed by atoms with Gasteiger partial charge in [-0.05, 0) is 13.3 Å². The van der Waals surface area contributed by atoms with E-state index < -0.39 is 8.60 Å². The Balaban J connectivity index is 3.54. The van der Waals surface area contributed by atoms with E-state index in [-0.39, 0.29) is 11.7 Å². The van der Waals surface area contributed by atoms with Gasteiger partial charge >= 0.3 is 8.60 Å². The van der Waals surface area contributed by atoms with Gasteiger partial charge in [-0.25, -0.2) is 0 Å². The zero-order chi connectivity index (χ0) is 25.1. The SMILES string of the molecule is CCCCCCCCCCCCCCCCCOCC(COP(O)OCCC[NH2+]C)CC(C)=O. The molecule has 0 aromatic rings. The summed E-state index contributed by atoms with van der Waals surface area (Å²) in [4.78, 5) is 21.4. The summed E-state index contributed by atoms with van der Waals surface area (Å²) < 4.78 is 16.5. The minimum atomic E-state index is -1.88. The molecule has 0 bridgehead atoms. The van der Waals surface area contributed by atoms with Crippen molar-refractivity contribution in [1.82, 2.24) is 0 Å². The lowest BCUT2D eigenvalue weighted by Gasteiger charge is -2.18. The minimum absolute atomic E-state index is 0.0291. The molecule has 6 nitrogen and oxygen atoms in total. The van der Waals surface area contributed by atoms with E-state index >= 15 is 0 Å². The minimum Gasteiger partial charge on any atom is -0.381 e. The van der Waals surface area contributed by atoms with Crippen LogP contribution in [0.3, 0.4) is 0 Å². The standard InChI is InChI=1S/C27H56NO5P/c1-4-5-6-7-8-9-10-11-12-13-14-15-16-17-18-21-31-24-27(23-26(2)29)25-33-34(30)32-22-19-20-28-3/h27-28,30H,4-25H2,1-3H3/p+1. The van der Waals surface area contributed by atoms with Gasteiger partial charge in [0, 0.05) is 25.4 Å². The Morgan fingerprint density at radius 1 is 0.765 bits per heavy atom. The van der Waals surface area contributed by atoms with Crippen LogP contribution in [0.2, 0.25) is 0 Å². The van der Waals surface area contributed by atoms with Crippen molar-refractivity contribution >= 4 is 14.4 Å². The van der Waals surface area contributed by atoms with E-state index in [1.807, 2.05) is 7.05 Å². The summed E-state index contributed by atoms with van der Waals surface area (Å²) in [6.45, 7) is 6.82. The van der Waals surface area contributed by atoms with Crippen LogP contribution in [0.15, 0.2) is 0 Å². The number of nitrogens with two attached hydrogens (primary N) is 1. The number of carbonyl (C=O) groups is 1. The molecule has 2 atom stereocenters.